The maximum atomic E-state index is 11.4. The molecule has 0 fully saturated rings. The van der Waals surface area contributed by atoms with Crippen LogP contribution in [0.4, 0.5) is 5.82 Å². The number of anilines is 1. The molecule has 0 radical (unpaired) electrons. The summed E-state index contributed by atoms with van der Waals surface area (Å²) in [5.74, 6) is 0.0436. The molecule has 14 heavy (non-hydrogen) atoms. The van der Waals surface area contributed by atoms with Gasteiger partial charge in [-0.05, 0) is 20.8 Å². The van der Waals surface area contributed by atoms with Crippen LogP contribution in [0.15, 0.2) is 6.07 Å². The number of aryl methyl sites for hydroxylation is 1. The van der Waals surface area contributed by atoms with Crippen LogP contribution in [-0.2, 0) is 11.3 Å². The van der Waals surface area contributed by atoms with E-state index in [1.54, 1.807) is 18.5 Å². The molecule has 1 aromatic rings. The van der Waals surface area contributed by atoms with Crippen molar-refractivity contribution < 1.29 is 9.53 Å². The molecule has 78 valence electrons. The summed E-state index contributed by atoms with van der Waals surface area (Å²) >= 11 is 0. The first-order chi connectivity index (χ1) is 6.54. The van der Waals surface area contributed by atoms with Crippen molar-refractivity contribution in [2.45, 2.75) is 33.4 Å². The average molecular weight is 197 g/mol. The molecule has 0 aromatic carbocycles. The van der Waals surface area contributed by atoms with E-state index >= 15 is 0 Å². The summed E-state index contributed by atoms with van der Waals surface area (Å²) in [5, 5.41) is 4.00. The second-order valence-corrected chi connectivity index (χ2v) is 3.22. The number of ether oxygens (including phenoxy) is 1. The molecule has 5 heteroatoms. The van der Waals surface area contributed by atoms with Crippen LogP contribution in [0, 0.1) is 0 Å². The van der Waals surface area contributed by atoms with Gasteiger partial charge >= 0.3 is 5.97 Å². The molecule has 0 amide bonds. The molecule has 0 unspecified atom stereocenters. The number of aromatic nitrogens is 2. The summed E-state index contributed by atoms with van der Waals surface area (Å²) in [7, 11) is 0. The van der Waals surface area contributed by atoms with E-state index < -0.39 is 5.97 Å². The van der Waals surface area contributed by atoms with Crippen LogP contribution in [0.5, 0.6) is 0 Å². The van der Waals surface area contributed by atoms with Crippen LogP contribution in [0.25, 0.3) is 0 Å². The number of esters is 1. The highest BCUT2D eigenvalue weighted by molar-refractivity contribution is 5.88. The Morgan fingerprint density at radius 1 is 1.71 bits per heavy atom. The Kier molecular flexibility index (Phi) is 3.11. The van der Waals surface area contributed by atoms with Crippen molar-refractivity contribution >= 4 is 11.8 Å². The van der Waals surface area contributed by atoms with Gasteiger partial charge in [-0.15, -0.1) is 0 Å². The monoisotopic (exact) mass is 197 g/mol. The molecular formula is C9H15N3O2. The van der Waals surface area contributed by atoms with Gasteiger partial charge in [0.15, 0.2) is 5.69 Å². The van der Waals surface area contributed by atoms with E-state index in [9.17, 15) is 4.79 Å². The zero-order valence-corrected chi connectivity index (χ0v) is 8.65. The smallest absolute Gasteiger partial charge is 0.359 e. The van der Waals surface area contributed by atoms with Crippen LogP contribution >= 0.6 is 0 Å². The molecule has 0 aliphatic carbocycles. The third kappa shape index (κ3) is 2.25. The highest BCUT2D eigenvalue weighted by atomic mass is 16.5. The average Bonchev–Trinajstić information content (AvgIpc) is 2.45. The van der Waals surface area contributed by atoms with Gasteiger partial charge in [0.1, 0.15) is 5.82 Å². The van der Waals surface area contributed by atoms with Crippen LogP contribution in [0.3, 0.4) is 0 Å². The molecule has 1 aromatic heterocycles. The minimum atomic E-state index is -0.432. The Morgan fingerprint density at radius 3 is 2.79 bits per heavy atom. The van der Waals surface area contributed by atoms with Gasteiger partial charge < -0.3 is 10.5 Å². The van der Waals surface area contributed by atoms with Gasteiger partial charge in [0, 0.05) is 12.6 Å². The summed E-state index contributed by atoms with van der Waals surface area (Å²) < 4.78 is 6.53. The van der Waals surface area contributed by atoms with E-state index in [0.29, 0.717) is 12.4 Å². The van der Waals surface area contributed by atoms with E-state index in [-0.39, 0.29) is 11.8 Å². The second-order valence-electron chi connectivity index (χ2n) is 3.22. The third-order valence-electron chi connectivity index (χ3n) is 1.66. The Morgan fingerprint density at radius 2 is 2.36 bits per heavy atom. The van der Waals surface area contributed by atoms with Gasteiger partial charge in [0.2, 0.25) is 0 Å². The summed E-state index contributed by atoms with van der Waals surface area (Å²) in [4.78, 5) is 11.4. The van der Waals surface area contributed by atoms with Gasteiger partial charge in [-0.25, -0.2) is 9.48 Å². The number of rotatable bonds is 3. The summed E-state index contributed by atoms with van der Waals surface area (Å²) in [6.07, 6.45) is -0.143. The number of nitrogens with two attached hydrogens (primary N) is 1. The normalized spacial score (nSPS) is 10.6. The van der Waals surface area contributed by atoms with Crippen LogP contribution in [-0.4, -0.2) is 21.9 Å². The SMILES string of the molecule is CCn1nc(C(=O)OC(C)C)cc1N. The summed E-state index contributed by atoms with van der Waals surface area (Å²) in [6.45, 7) is 6.12. The van der Waals surface area contributed by atoms with E-state index in [0.717, 1.165) is 0 Å². The van der Waals surface area contributed by atoms with Crippen molar-refractivity contribution in [3.63, 3.8) is 0 Å². The largest absolute Gasteiger partial charge is 0.458 e. The lowest BCUT2D eigenvalue weighted by molar-refractivity contribution is 0.0370. The minimum Gasteiger partial charge on any atom is -0.458 e. The zero-order chi connectivity index (χ0) is 10.7. The Balaban J connectivity index is 2.80. The molecule has 0 atom stereocenters. The lowest BCUT2D eigenvalue weighted by Gasteiger charge is -2.04. The van der Waals surface area contributed by atoms with E-state index in [1.807, 2.05) is 6.92 Å². The molecule has 0 aliphatic heterocycles. The molecule has 1 rings (SSSR count). The van der Waals surface area contributed by atoms with Crippen LogP contribution in [0.1, 0.15) is 31.3 Å². The summed E-state index contributed by atoms with van der Waals surface area (Å²) in [6, 6.07) is 1.52. The van der Waals surface area contributed by atoms with Crippen molar-refractivity contribution in [1.82, 2.24) is 9.78 Å². The molecular weight excluding hydrogens is 182 g/mol. The van der Waals surface area contributed by atoms with Crippen molar-refractivity contribution in [3.05, 3.63) is 11.8 Å². The fourth-order valence-electron chi connectivity index (χ4n) is 1.06. The molecule has 0 saturated carbocycles. The van der Waals surface area contributed by atoms with Crippen LogP contribution in [0.2, 0.25) is 0 Å². The Bertz CT molecular complexity index is 331. The van der Waals surface area contributed by atoms with Gasteiger partial charge in [-0.2, -0.15) is 5.10 Å². The van der Waals surface area contributed by atoms with Gasteiger partial charge in [-0.1, -0.05) is 0 Å². The molecule has 2 N–H and O–H groups in total. The first kappa shape index (κ1) is 10.6. The third-order valence-corrected chi connectivity index (χ3v) is 1.66. The quantitative estimate of drug-likeness (QED) is 0.735. The second kappa shape index (κ2) is 4.13. The standard InChI is InChI=1S/C9H15N3O2/c1-4-12-8(10)5-7(11-12)9(13)14-6(2)3/h5-6H,4,10H2,1-3H3. The molecule has 1 heterocycles. The Labute approximate surface area is 82.8 Å². The molecule has 0 bridgehead atoms. The first-order valence-electron chi connectivity index (χ1n) is 4.59. The van der Waals surface area contributed by atoms with Crippen molar-refractivity contribution in [3.8, 4) is 0 Å². The number of hydrogen-bond donors (Lipinski definition) is 1. The fourth-order valence-corrected chi connectivity index (χ4v) is 1.06. The van der Waals surface area contributed by atoms with Crippen molar-refractivity contribution in [1.29, 1.82) is 0 Å². The van der Waals surface area contributed by atoms with Crippen LogP contribution < -0.4 is 5.73 Å². The number of carbonyl (C=O) groups is 1. The number of carbonyl (C=O) groups excluding carboxylic acids is 1. The van der Waals surface area contributed by atoms with Gasteiger partial charge in [0.05, 0.1) is 6.10 Å². The predicted octanol–water partition coefficient (Wildman–Crippen LogP) is 1.05. The fraction of sp³-hybridized carbons (Fsp3) is 0.556. The van der Waals surface area contributed by atoms with Crippen molar-refractivity contribution in [2.24, 2.45) is 0 Å². The van der Waals surface area contributed by atoms with E-state index in [2.05, 4.69) is 5.10 Å². The molecule has 0 saturated heterocycles. The highest BCUT2D eigenvalue weighted by Crippen LogP contribution is 2.08. The lowest BCUT2D eigenvalue weighted by atomic mass is 10.4. The predicted molar refractivity (Wildman–Crippen MR) is 52.9 cm³/mol. The molecule has 0 aliphatic rings. The lowest BCUT2D eigenvalue weighted by Crippen LogP contribution is -2.12. The van der Waals surface area contributed by atoms with E-state index in [1.165, 1.54) is 6.07 Å². The van der Waals surface area contributed by atoms with Gasteiger partial charge in [-0.3, -0.25) is 0 Å². The molecule has 0 spiro atoms. The highest BCUT2D eigenvalue weighted by Gasteiger charge is 2.14. The van der Waals surface area contributed by atoms with Crippen molar-refractivity contribution in [2.75, 3.05) is 5.73 Å². The number of hydrogen-bond acceptors (Lipinski definition) is 4. The topological polar surface area (TPSA) is 70.1 Å². The first-order valence-corrected chi connectivity index (χ1v) is 4.59. The maximum Gasteiger partial charge on any atom is 0.359 e. The van der Waals surface area contributed by atoms with Gasteiger partial charge in [0.25, 0.3) is 0 Å². The number of nitrogens with zero attached hydrogens (tertiary/aromatic N) is 2. The Hall–Kier alpha value is -1.52. The summed E-state index contributed by atoms with van der Waals surface area (Å²) in [5.41, 5.74) is 5.88. The molecule has 5 nitrogen and oxygen atoms in total. The minimum absolute atomic E-state index is 0.143. The maximum absolute atomic E-state index is 11.4. The van der Waals surface area contributed by atoms with E-state index in [4.69, 9.17) is 10.5 Å². The zero-order valence-electron chi connectivity index (χ0n) is 8.65. The number of nitrogen functional groups attached to an aromatic ring is 1.